The average Bonchev–Trinajstić information content (AvgIpc) is 2.18. The van der Waals surface area contributed by atoms with Crippen LogP contribution in [0.25, 0.3) is 0 Å². The Morgan fingerprint density at radius 3 is 3.11 bits per heavy atom. The minimum atomic E-state index is 0.535. The van der Waals surface area contributed by atoms with E-state index in [2.05, 4.69) is 16.1 Å². The quantitative estimate of drug-likeness (QED) is 0.585. The topological polar surface area (TPSA) is 28.7 Å². The van der Waals surface area contributed by atoms with Gasteiger partial charge in [0.1, 0.15) is 5.15 Å². The highest BCUT2D eigenvalue weighted by atomic mass is 35.5. The fourth-order valence-electron chi connectivity index (χ4n) is 0.529. The first-order valence-electron chi connectivity index (χ1n) is 2.46. The molecule has 3 heteroatoms. The number of hydrogen-bond acceptors (Lipinski definition) is 1. The summed E-state index contributed by atoms with van der Waals surface area (Å²) < 4.78 is 0. The molecule has 0 bridgehead atoms. The Morgan fingerprint density at radius 2 is 2.67 bits per heavy atom. The zero-order valence-corrected chi connectivity index (χ0v) is 5.44. The largest absolute Gasteiger partial charge is 0.267 e. The zero-order chi connectivity index (χ0) is 6.69. The van der Waals surface area contributed by atoms with Crippen molar-refractivity contribution in [1.82, 2.24) is 10.2 Å². The Morgan fingerprint density at radius 1 is 1.89 bits per heavy atom. The molecule has 0 spiro atoms. The zero-order valence-electron chi connectivity index (χ0n) is 4.69. The van der Waals surface area contributed by atoms with E-state index in [-0.39, 0.29) is 0 Å². The lowest BCUT2D eigenvalue weighted by Crippen LogP contribution is -1.75. The first-order valence-corrected chi connectivity index (χ1v) is 2.83. The van der Waals surface area contributed by atoms with E-state index in [1.165, 1.54) is 0 Å². The predicted octanol–water partition coefficient (Wildman–Crippen LogP) is 1.24. The Balaban J connectivity index is 2.84. The second-order valence-corrected chi connectivity index (χ2v) is 1.97. The fourth-order valence-corrected chi connectivity index (χ4v) is 0.693. The number of nitrogens with one attached hydrogen (secondary N) is 1. The number of nitrogens with zero attached hydrogens (tertiary/aromatic N) is 1. The molecule has 0 aromatic carbocycles. The maximum absolute atomic E-state index is 5.60. The summed E-state index contributed by atoms with van der Waals surface area (Å²) in [6, 6.07) is 0. The Hall–Kier alpha value is -0.940. The van der Waals surface area contributed by atoms with Crippen molar-refractivity contribution in [2.75, 3.05) is 0 Å². The van der Waals surface area contributed by atoms with E-state index >= 15 is 0 Å². The Labute approximate surface area is 58.2 Å². The maximum Gasteiger partial charge on any atom is 0.128 e. The number of aromatic amines is 1. The number of rotatable bonds is 1. The van der Waals surface area contributed by atoms with Crippen molar-refractivity contribution in [3.63, 3.8) is 0 Å². The van der Waals surface area contributed by atoms with E-state index in [0.29, 0.717) is 11.6 Å². The molecule has 1 aromatic rings. The van der Waals surface area contributed by atoms with E-state index in [0.717, 1.165) is 5.56 Å². The molecule has 1 rings (SSSR count). The minimum absolute atomic E-state index is 0.535. The van der Waals surface area contributed by atoms with Crippen molar-refractivity contribution >= 4 is 11.6 Å². The van der Waals surface area contributed by atoms with Gasteiger partial charge in [0.05, 0.1) is 6.20 Å². The lowest BCUT2D eigenvalue weighted by atomic mass is 10.3. The summed E-state index contributed by atoms with van der Waals surface area (Å²) in [6.45, 7) is 0. The summed E-state index contributed by atoms with van der Waals surface area (Å²) in [5, 5.41) is 6.80. The third-order valence-corrected chi connectivity index (χ3v) is 1.28. The van der Waals surface area contributed by atoms with Crippen molar-refractivity contribution < 1.29 is 0 Å². The van der Waals surface area contributed by atoms with Crippen LogP contribution in [-0.2, 0) is 6.42 Å². The van der Waals surface area contributed by atoms with Gasteiger partial charge >= 0.3 is 0 Å². The molecule has 0 saturated carbocycles. The molecule has 1 N–H and O–H groups in total. The van der Waals surface area contributed by atoms with Gasteiger partial charge in [0.15, 0.2) is 0 Å². The molecule has 0 atom stereocenters. The van der Waals surface area contributed by atoms with Crippen LogP contribution in [0, 0.1) is 12.3 Å². The number of H-pyrrole nitrogens is 1. The van der Waals surface area contributed by atoms with Crippen LogP contribution >= 0.6 is 11.6 Å². The summed E-state index contributed by atoms with van der Waals surface area (Å²) in [5.74, 6) is 2.47. The molecule has 0 aliphatic heterocycles. The average molecular weight is 141 g/mol. The van der Waals surface area contributed by atoms with Gasteiger partial charge in [-0.05, 0) is 0 Å². The van der Waals surface area contributed by atoms with E-state index in [1.807, 2.05) is 0 Å². The van der Waals surface area contributed by atoms with Gasteiger partial charge in [-0.2, -0.15) is 5.10 Å². The molecular formula is C6H5ClN2. The number of terminal acetylenes is 1. The van der Waals surface area contributed by atoms with Gasteiger partial charge in [0.25, 0.3) is 0 Å². The van der Waals surface area contributed by atoms with Gasteiger partial charge in [0, 0.05) is 12.0 Å². The second-order valence-electron chi connectivity index (χ2n) is 1.59. The van der Waals surface area contributed by atoms with Gasteiger partial charge in [-0.15, -0.1) is 12.3 Å². The van der Waals surface area contributed by atoms with Crippen molar-refractivity contribution in [3.8, 4) is 12.3 Å². The number of hydrogen-bond donors (Lipinski definition) is 1. The molecule has 0 aliphatic carbocycles. The van der Waals surface area contributed by atoms with Crippen LogP contribution in [0.2, 0.25) is 5.15 Å². The van der Waals surface area contributed by atoms with Crippen LogP contribution in [0.15, 0.2) is 6.20 Å². The monoisotopic (exact) mass is 140 g/mol. The third-order valence-electron chi connectivity index (χ3n) is 0.958. The molecule has 46 valence electrons. The predicted molar refractivity (Wildman–Crippen MR) is 36.1 cm³/mol. The Kier molecular flexibility index (Phi) is 1.76. The molecule has 1 aromatic heterocycles. The normalized spacial score (nSPS) is 8.89. The Bertz CT molecular complexity index is 233. The third kappa shape index (κ3) is 1.24. The fraction of sp³-hybridized carbons (Fsp3) is 0.167. The standard InChI is InChI=1S/C6H5ClN2/c1-2-3-5-4-8-9-6(5)7/h1,4H,3H2,(H,8,9). The SMILES string of the molecule is C#CCc1cn[nH]c1Cl. The van der Waals surface area contributed by atoms with Crippen molar-refractivity contribution in [2.24, 2.45) is 0 Å². The van der Waals surface area contributed by atoms with Crippen LogP contribution in [0.1, 0.15) is 5.56 Å². The lowest BCUT2D eigenvalue weighted by molar-refractivity contribution is 1.09. The highest BCUT2D eigenvalue weighted by molar-refractivity contribution is 6.30. The summed E-state index contributed by atoms with van der Waals surface area (Å²) in [6.07, 6.45) is 7.20. The molecule has 0 fully saturated rings. The summed E-state index contributed by atoms with van der Waals surface area (Å²) in [5.41, 5.74) is 0.874. The first-order chi connectivity index (χ1) is 4.34. The van der Waals surface area contributed by atoms with Gasteiger partial charge in [-0.25, -0.2) is 0 Å². The van der Waals surface area contributed by atoms with Crippen LogP contribution in [0.3, 0.4) is 0 Å². The van der Waals surface area contributed by atoms with Crippen LogP contribution in [0.4, 0.5) is 0 Å². The van der Waals surface area contributed by atoms with Crippen molar-refractivity contribution in [1.29, 1.82) is 0 Å². The number of halogens is 1. The molecule has 2 nitrogen and oxygen atoms in total. The molecule has 0 amide bonds. The maximum atomic E-state index is 5.60. The molecule has 1 heterocycles. The smallest absolute Gasteiger partial charge is 0.128 e. The van der Waals surface area contributed by atoms with Crippen LogP contribution < -0.4 is 0 Å². The number of aromatic nitrogens is 2. The lowest BCUT2D eigenvalue weighted by Gasteiger charge is -1.83. The van der Waals surface area contributed by atoms with Gasteiger partial charge in [0.2, 0.25) is 0 Å². The van der Waals surface area contributed by atoms with Crippen LogP contribution in [0.5, 0.6) is 0 Å². The second kappa shape index (κ2) is 2.56. The molecular weight excluding hydrogens is 136 g/mol. The van der Waals surface area contributed by atoms with Crippen LogP contribution in [-0.4, -0.2) is 10.2 Å². The van der Waals surface area contributed by atoms with E-state index in [4.69, 9.17) is 18.0 Å². The highest BCUT2D eigenvalue weighted by Crippen LogP contribution is 2.10. The highest BCUT2D eigenvalue weighted by Gasteiger charge is 1.97. The van der Waals surface area contributed by atoms with E-state index in [1.54, 1.807) is 6.20 Å². The van der Waals surface area contributed by atoms with Gasteiger partial charge in [-0.3, -0.25) is 5.10 Å². The summed E-state index contributed by atoms with van der Waals surface area (Å²) in [4.78, 5) is 0. The van der Waals surface area contributed by atoms with Crippen molar-refractivity contribution in [3.05, 3.63) is 16.9 Å². The van der Waals surface area contributed by atoms with Crippen molar-refractivity contribution in [2.45, 2.75) is 6.42 Å². The first kappa shape index (κ1) is 6.18. The molecule has 9 heavy (non-hydrogen) atoms. The van der Waals surface area contributed by atoms with E-state index in [9.17, 15) is 0 Å². The molecule has 0 saturated heterocycles. The summed E-state index contributed by atoms with van der Waals surface area (Å²) in [7, 11) is 0. The molecule has 0 unspecified atom stereocenters. The molecule has 0 radical (unpaired) electrons. The van der Waals surface area contributed by atoms with Gasteiger partial charge in [-0.1, -0.05) is 11.6 Å². The van der Waals surface area contributed by atoms with E-state index < -0.39 is 0 Å². The minimum Gasteiger partial charge on any atom is -0.267 e. The van der Waals surface area contributed by atoms with Gasteiger partial charge < -0.3 is 0 Å². The molecule has 0 aliphatic rings. The summed E-state index contributed by atoms with van der Waals surface area (Å²) >= 11 is 5.60.